The molecule has 1 aliphatic heterocycles. The maximum absolute atomic E-state index is 14.1. The lowest BCUT2D eigenvalue weighted by atomic mass is 10.2. The molecule has 0 N–H and O–H groups in total. The molecule has 12 heteroatoms. The van der Waals surface area contributed by atoms with Crippen molar-refractivity contribution in [2.75, 3.05) is 31.1 Å². The van der Waals surface area contributed by atoms with Crippen molar-refractivity contribution >= 4 is 26.8 Å². The van der Waals surface area contributed by atoms with Crippen LogP contribution >= 0.6 is 0 Å². The summed E-state index contributed by atoms with van der Waals surface area (Å²) in [5.74, 6) is 0.269. The van der Waals surface area contributed by atoms with Crippen LogP contribution in [0.4, 0.5) is 10.1 Å². The molecule has 10 nitrogen and oxygen atoms in total. The van der Waals surface area contributed by atoms with Gasteiger partial charge in [-0.25, -0.2) is 17.6 Å². The Balaban J connectivity index is 1.21. The third-order valence-electron chi connectivity index (χ3n) is 6.42. The highest BCUT2D eigenvalue weighted by atomic mass is 32.2. The van der Waals surface area contributed by atoms with E-state index in [-0.39, 0.29) is 35.9 Å². The summed E-state index contributed by atoms with van der Waals surface area (Å²) in [6.07, 6.45) is 2.04. The Bertz CT molecular complexity index is 1560. The van der Waals surface area contributed by atoms with Crippen molar-refractivity contribution < 1.29 is 21.7 Å². The van der Waals surface area contributed by atoms with Crippen molar-refractivity contribution in [3.05, 3.63) is 70.5 Å². The summed E-state index contributed by atoms with van der Waals surface area (Å²) in [6, 6.07) is 10.8. The number of hydrogen-bond acceptors (Lipinski definition) is 8. The SMILES string of the molecule is O=c1oc2cc(S(=O)(=O)N3CCN(c4ccccc4F)CC3)ccc2n1Cc1noc(C2CC2)n1. The van der Waals surface area contributed by atoms with Gasteiger partial charge in [0.25, 0.3) is 0 Å². The summed E-state index contributed by atoms with van der Waals surface area (Å²) >= 11 is 0. The van der Waals surface area contributed by atoms with Crippen molar-refractivity contribution in [2.24, 2.45) is 0 Å². The lowest BCUT2D eigenvalue weighted by Gasteiger charge is -2.35. The van der Waals surface area contributed by atoms with Gasteiger partial charge in [0.15, 0.2) is 11.4 Å². The maximum atomic E-state index is 14.1. The van der Waals surface area contributed by atoms with Gasteiger partial charge in [-0.2, -0.15) is 9.29 Å². The van der Waals surface area contributed by atoms with Gasteiger partial charge in [-0.3, -0.25) is 4.57 Å². The smallest absolute Gasteiger partial charge is 0.408 e. The van der Waals surface area contributed by atoms with Crippen molar-refractivity contribution in [2.45, 2.75) is 30.2 Å². The van der Waals surface area contributed by atoms with E-state index < -0.39 is 15.8 Å². The molecular weight excluding hydrogens is 477 g/mol. The predicted molar refractivity (Wildman–Crippen MR) is 123 cm³/mol. The van der Waals surface area contributed by atoms with Gasteiger partial charge in [-0.1, -0.05) is 17.3 Å². The first kappa shape index (κ1) is 22.0. The summed E-state index contributed by atoms with van der Waals surface area (Å²) < 4.78 is 53.9. The highest BCUT2D eigenvalue weighted by Crippen LogP contribution is 2.38. The molecule has 0 unspecified atom stereocenters. The highest BCUT2D eigenvalue weighted by molar-refractivity contribution is 7.89. The molecule has 3 heterocycles. The van der Waals surface area contributed by atoms with Crippen molar-refractivity contribution in [1.82, 2.24) is 19.0 Å². The second kappa shape index (κ2) is 8.31. The van der Waals surface area contributed by atoms with Gasteiger partial charge in [0.1, 0.15) is 5.82 Å². The van der Waals surface area contributed by atoms with Crippen LogP contribution in [0, 0.1) is 5.82 Å². The number of anilines is 1. The molecule has 0 amide bonds. The zero-order chi connectivity index (χ0) is 24.2. The zero-order valence-electron chi connectivity index (χ0n) is 18.6. The number of aromatic nitrogens is 3. The molecule has 0 radical (unpaired) electrons. The van der Waals surface area contributed by atoms with E-state index in [1.165, 1.54) is 27.1 Å². The van der Waals surface area contributed by atoms with E-state index in [0.29, 0.717) is 41.9 Å². The van der Waals surface area contributed by atoms with Gasteiger partial charge in [-0.05, 0) is 37.1 Å². The van der Waals surface area contributed by atoms with E-state index >= 15 is 0 Å². The van der Waals surface area contributed by atoms with Crippen LogP contribution in [0.3, 0.4) is 0 Å². The molecule has 2 fully saturated rings. The van der Waals surface area contributed by atoms with Gasteiger partial charge in [0, 0.05) is 38.2 Å². The second-order valence-corrected chi connectivity index (χ2v) is 10.7. The van der Waals surface area contributed by atoms with Crippen LogP contribution in [0.1, 0.15) is 30.5 Å². The Kier molecular flexibility index (Phi) is 5.22. The number of halogens is 1. The predicted octanol–water partition coefficient (Wildman–Crippen LogP) is 2.55. The van der Waals surface area contributed by atoms with Crippen LogP contribution in [-0.2, 0) is 16.6 Å². The molecule has 1 aliphatic carbocycles. The minimum absolute atomic E-state index is 0.0285. The third kappa shape index (κ3) is 4.02. The van der Waals surface area contributed by atoms with Gasteiger partial charge < -0.3 is 13.8 Å². The molecule has 2 aromatic carbocycles. The van der Waals surface area contributed by atoms with Crippen LogP contribution in [0.15, 0.2) is 61.1 Å². The van der Waals surface area contributed by atoms with Gasteiger partial charge in [-0.15, -0.1) is 0 Å². The summed E-state index contributed by atoms with van der Waals surface area (Å²) in [6.45, 7) is 1.20. The largest absolute Gasteiger partial charge is 0.420 e. The average molecular weight is 500 g/mol. The Morgan fingerprint density at radius 3 is 2.57 bits per heavy atom. The van der Waals surface area contributed by atoms with Gasteiger partial charge >= 0.3 is 5.76 Å². The fourth-order valence-corrected chi connectivity index (χ4v) is 5.79. The first-order chi connectivity index (χ1) is 16.9. The van der Waals surface area contributed by atoms with Crippen LogP contribution in [0.2, 0.25) is 0 Å². The van der Waals surface area contributed by atoms with E-state index in [4.69, 9.17) is 8.94 Å². The van der Waals surface area contributed by atoms with Crippen LogP contribution in [-0.4, -0.2) is 53.6 Å². The molecule has 0 atom stereocenters. The molecular formula is C23H22FN5O5S. The molecule has 1 saturated carbocycles. The van der Waals surface area contributed by atoms with Crippen LogP contribution in [0.5, 0.6) is 0 Å². The molecule has 0 bridgehead atoms. The number of nitrogens with zero attached hydrogens (tertiary/aromatic N) is 5. The molecule has 6 rings (SSSR count). The van der Waals surface area contributed by atoms with E-state index in [1.807, 2.05) is 4.90 Å². The molecule has 0 spiro atoms. The lowest BCUT2D eigenvalue weighted by molar-refractivity contribution is 0.372. The molecule has 4 aromatic rings. The average Bonchev–Trinajstić information content (AvgIpc) is 3.53. The Morgan fingerprint density at radius 2 is 1.83 bits per heavy atom. The molecule has 2 aromatic heterocycles. The maximum Gasteiger partial charge on any atom is 0.420 e. The first-order valence-electron chi connectivity index (χ1n) is 11.4. The van der Waals surface area contributed by atoms with E-state index in [0.717, 1.165) is 12.8 Å². The van der Waals surface area contributed by atoms with Crippen molar-refractivity contribution in [3.8, 4) is 0 Å². The number of sulfonamides is 1. The first-order valence-corrected chi connectivity index (χ1v) is 12.8. The topological polar surface area (TPSA) is 115 Å². The van der Waals surface area contributed by atoms with E-state index in [1.54, 1.807) is 24.3 Å². The van der Waals surface area contributed by atoms with E-state index in [2.05, 4.69) is 10.1 Å². The summed E-state index contributed by atoms with van der Waals surface area (Å²) in [7, 11) is -3.83. The minimum atomic E-state index is -3.83. The fourth-order valence-electron chi connectivity index (χ4n) is 4.35. The van der Waals surface area contributed by atoms with Crippen molar-refractivity contribution in [1.29, 1.82) is 0 Å². The zero-order valence-corrected chi connectivity index (χ0v) is 19.4. The van der Waals surface area contributed by atoms with E-state index in [9.17, 15) is 17.6 Å². The summed E-state index contributed by atoms with van der Waals surface area (Å²) in [5.41, 5.74) is 1.06. The number of benzene rings is 2. The normalized spacial score (nSPS) is 17.3. The van der Waals surface area contributed by atoms with Crippen LogP contribution < -0.4 is 10.7 Å². The monoisotopic (exact) mass is 499 g/mol. The number of oxazole rings is 1. The molecule has 35 heavy (non-hydrogen) atoms. The fraction of sp³-hybridized carbons (Fsp3) is 0.348. The Labute approximate surface area is 199 Å². The number of piperazine rings is 1. The second-order valence-electron chi connectivity index (χ2n) is 8.75. The highest BCUT2D eigenvalue weighted by Gasteiger charge is 2.31. The number of para-hydroxylation sites is 1. The van der Waals surface area contributed by atoms with Gasteiger partial charge in [0.05, 0.1) is 22.6 Å². The Morgan fingerprint density at radius 1 is 1.06 bits per heavy atom. The third-order valence-corrected chi connectivity index (χ3v) is 8.31. The molecule has 182 valence electrons. The quantitative estimate of drug-likeness (QED) is 0.398. The van der Waals surface area contributed by atoms with Gasteiger partial charge in [0.2, 0.25) is 15.9 Å². The number of fused-ring (bicyclic) bond motifs is 1. The standard InChI is InChI=1S/C23H22FN5O5S/c24-17-3-1-2-4-18(17)27-9-11-28(12-10-27)35(31,32)16-7-8-19-20(13-16)33-23(30)29(19)14-21-25-22(34-26-21)15-5-6-15/h1-4,7-8,13,15H,5-6,9-12,14H2. The number of rotatable bonds is 6. The number of hydrogen-bond donors (Lipinski definition) is 0. The van der Waals surface area contributed by atoms with Crippen LogP contribution in [0.25, 0.3) is 11.1 Å². The molecule has 2 aliphatic rings. The summed E-state index contributed by atoms with van der Waals surface area (Å²) in [5, 5.41) is 3.93. The van der Waals surface area contributed by atoms with Crippen molar-refractivity contribution in [3.63, 3.8) is 0 Å². The minimum Gasteiger partial charge on any atom is -0.408 e. The molecule has 1 saturated heterocycles. The summed E-state index contributed by atoms with van der Waals surface area (Å²) in [4.78, 5) is 18.7. The lowest BCUT2D eigenvalue weighted by Crippen LogP contribution is -2.48. The Hall–Kier alpha value is -3.51.